The van der Waals surface area contributed by atoms with Crippen molar-refractivity contribution in [3.63, 3.8) is 0 Å². The molecule has 0 saturated carbocycles. The first kappa shape index (κ1) is 15.7. The van der Waals surface area contributed by atoms with Gasteiger partial charge in [0.05, 0.1) is 11.0 Å². The van der Waals surface area contributed by atoms with Crippen LogP contribution < -0.4 is 5.32 Å². The Hall–Kier alpha value is -1.69. The SMILES string of the molecule is CCNC(CCCC(F)(F)F)c1cccc2nccnc12. The van der Waals surface area contributed by atoms with Gasteiger partial charge >= 0.3 is 6.18 Å². The molecule has 0 fully saturated rings. The molecule has 3 nitrogen and oxygen atoms in total. The first-order chi connectivity index (χ1) is 10.0. The lowest BCUT2D eigenvalue weighted by molar-refractivity contribution is -0.135. The summed E-state index contributed by atoms with van der Waals surface area (Å²) >= 11 is 0. The maximum absolute atomic E-state index is 12.3. The Morgan fingerprint density at radius 3 is 2.67 bits per heavy atom. The van der Waals surface area contributed by atoms with Crippen molar-refractivity contribution >= 4 is 11.0 Å². The highest BCUT2D eigenvalue weighted by atomic mass is 19.4. The summed E-state index contributed by atoms with van der Waals surface area (Å²) < 4.78 is 36.9. The molecule has 1 aromatic carbocycles. The Labute approximate surface area is 121 Å². The fourth-order valence-electron chi connectivity index (χ4n) is 2.42. The lowest BCUT2D eigenvalue weighted by Gasteiger charge is -2.19. The van der Waals surface area contributed by atoms with Gasteiger partial charge in [0.15, 0.2) is 0 Å². The average Bonchev–Trinajstić information content (AvgIpc) is 2.44. The van der Waals surface area contributed by atoms with E-state index in [2.05, 4.69) is 15.3 Å². The molecule has 0 bridgehead atoms. The molecule has 0 aliphatic heterocycles. The highest BCUT2D eigenvalue weighted by Crippen LogP contribution is 2.28. The lowest BCUT2D eigenvalue weighted by Crippen LogP contribution is -2.22. The summed E-state index contributed by atoms with van der Waals surface area (Å²) in [6, 6.07) is 5.47. The lowest BCUT2D eigenvalue weighted by atomic mass is 9.99. The molecule has 0 amide bonds. The van der Waals surface area contributed by atoms with Crippen molar-refractivity contribution in [2.24, 2.45) is 0 Å². The van der Waals surface area contributed by atoms with Gasteiger partial charge in [-0.05, 0) is 31.0 Å². The third-order valence-electron chi connectivity index (χ3n) is 3.31. The van der Waals surface area contributed by atoms with Gasteiger partial charge in [-0.2, -0.15) is 13.2 Å². The molecule has 2 aromatic rings. The van der Waals surface area contributed by atoms with Crippen molar-refractivity contribution in [3.8, 4) is 0 Å². The summed E-state index contributed by atoms with van der Waals surface area (Å²) in [7, 11) is 0. The number of alkyl halides is 3. The Kier molecular flexibility index (Phi) is 5.12. The third-order valence-corrected chi connectivity index (χ3v) is 3.31. The zero-order chi connectivity index (χ0) is 15.3. The summed E-state index contributed by atoms with van der Waals surface area (Å²) in [6.07, 6.45) is -1.13. The van der Waals surface area contributed by atoms with Gasteiger partial charge in [-0.25, -0.2) is 0 Å². The van der Waals surface area contributed by atoms with E-state index in [4.69, 9.17) is 0 Å². The number of nitrogens with zero attached hydrogens (tertiary/aromatic N) is 2. The molecule has 1 heterocycles. The van der Waals surface area contributed by atoms with Crippen LogP contribution in [0.3, 0.4) is 0 Å². The molecule has 1 unspecified atom stereocenters. The van der Waals surface area contributed by atoms with E-state index in [1.807, 2.05) is 25.1 Å². The number of rotatable bonds is 6. The summed E-state index contributed by atoms with van der Waals surface area (Å²) in [5.41, 5.74) is 2.41. The van der Waals surface area contributed by atoms with Crippen LogP contribution in [-0.2, 0) is 0 Å². The molecule has 0 spiro atoms. The summed E-state index contributed by atoms with van der Waals surface area (Å²) in [5.74, 6) is 0. The number of fused-ring (bicyclic) bond motifs is 1. The average molecular weight is 297 g/mol. The van der Waals surface area contributed by atoms with E-state index in [-0.39, 0.29) is 12.5 Å². The Morgan fingerprint density at radius 2 is 1.95 bits per heavy atom. The normalized spacial score (nSPS) is 13.5. The number of nitrogens with one attached hydrogen (secondary N) is 1. The van der Waals surface area contributed by atoms with Gasteiger partial charge in [0.2, 0.25) is 0 Å². The van der Waals surface area contributed by atoms with Gasteiger partial charge in [0.1, 0.15) is 0 Å². The highest BCUT2D eigenvalue weighted by Gasteiger charge is 2.27. The van der Waals surface area contributed by atoms with E-state index in [9.17, 15) is 13.2 Å². The zero-order valence-corrected chi connectivity index (χ0v) is 11.8. The Balaban J connectivity index is 2.20. The Bertz CT molecular complexity index is 578. The number of benzene rings is 1. The molecule has 0 saturated heterocycles. The van der Waals surface area contributed by atoms with Crippen LogP contribution in [0.4, 0.5) is 13.2 Å². The molecule has 2 rings (SSSR count). The van der Waals surface area contributed by atoms with Gasteiger partial charge < -0.3 is 5.32 Å². The van der Waals surface area contributed by atoms with Crippen molar-refractivity contribution in [3.05, 3.63) is 36.2 Å². The molecule has 21 heavy (non-hydrogen) atoms. The molecular formula is C15H18F3N3. The second kappa shape index (κ2) is 6.85. The number of hydrogen-bond donors (Lipinski definition) is 1. The minimum absolute atomic E-state index is 0.0951. The van der Waals surface area contributed by atoms with Crippen molar-refractivity contribution in [2.45, 2.75) is 38.4 Å². The highest BCUT2D eigenvalue weighted by molar-refractivity contribution is 5.78. The van der Waals surface area contributed by atoms with Gasteiger partial charge in [0.25, 0.3) is 0 Å². The van der Waals surface area contributed by atoms with Crippen molar-refractivity contribution in [1.82, 2.24) is 15.3 Å². The minimum atomic E-state index is -4.10. The smallest absolute Gasteiger partial charge is 0.310 e. The van der Waals surface area contributed by atoms with Crippen LogP contribution in [-0.4, -0.2) is 22.7 Å². The third kappa shape index (κ3) is 4.39. The van der Waals surface area contributed by atoms with E-state index in [1.54, 1.807) is 12.4 Å². The van der Waals surface area contributed by atoms with E-state index < -0.39 is 12.6 Å². The van der Waals surface area contributed by atoms with Crippen LogP contribution in [0.1, 0.15) is 37.8 Å². The van der Waals surface area contributed by atoms with Crippen LogP contribution in [0.5, 0.6) is 0 Å². The predicted molar refractivity (Wildman–Crippen MR) is 75.9 cm³/mol. The van der Waals surface area contributed by atoms with Gasteiger partial charge in [-0.3, -0.25) is 9.97 Å². The molecule has 1 atom stereocenters. The molecule has 6 heteroatoms. The molecule has 0 radical (unpaired) electrons. The van der Waals surface area contributed by atoms with E-state index in [0.29, 0.717) is 13.0 Å². The van der Waals surface area contributed by atoms with Gasteiger partial charge in [-0.1, -0.05) is 19.1 Å². The summed E-state index contributed by atoms with van der Waals surface area (Å²) in [4.78, 5) is 8.55. The van der Waals surface area contributed by atoms with Crippen LogP contribution in [0.25, 0.3) is 11.0 Å². The first-order valence-electron chi connectivity index (χ1n) is 7.01. The summed E-state index contributed by atoms with van der Waals surface area (Å²) in [5, 5.41) is 3.24. The maximum atomic E-state index is 12.3. The first-order valence-corrected chi connectivity index (χ1v) is 7.01. The van der Waals surface area contributed by atoms with Gasteiger partial charge in [0, 0.05) is 24.9 Å². The minimum Gasteiger partial charge on any atom is -0.310 e. The number of para-hydroxylation sites is 1. The standard InChI is InChI=1S/C15H18F3N3/c1-2-19-12(7-4-8-15(16,17)18)11-5-3-6-13-14(11)21-10-9-20-13/h3,5-6,9-10,12,19H,2,4,7-8H2,1H3. The number of halogens is 3. The van der Waals surface area contributed by atoms with E-state index >= 15 is 0 Å². The number of hydrogen-bond acceptors (Lipinski definition) is 3. The van der Waals surface area contributed by atoms with Crippen LogP contribution in [0.2, 0.25) is 0 Å². The van der Waals surface area contributed by atoms with E-state index in [1.165, 1.54) is 0 Å². The quantitative estimate of drug-likeness (QED) is 0.875. The van der Waals surface area contributed by atoms with Crippen molar-refractivity contribution < 1.29 is 13.2 Å². The second-order valence-electron chi connectivity index (χ2n) is 4.89. The molecule has 0 aliphatic carbocycles. The molecule has 1 N–H and O–H groups in total. The fraction of sp³-hybridized carbons (Fsp3) is 0.467. The van der Waals surface area contributed by atoms with Crippen molar-refractivity contribution in [1.29, 1.82) is 0 Å². The zero-order valence-electron chi connectivity index (χ0n) is 11.8. The molecular weight excluding hydrogens is 279 g/mol. The van der Waals surface area contributed by atoms with Crippen LogP contribution in [0.15, 0.2) is 30.6 Å². The van der Waals surface area contributed by atoms with Crippen LogP contribution >= 0.6 is 0 Å². The maximum Gasteiger partial charge on any atom is 0.389 e. The summed E-state index contributed by atoms with van der Waals surface area (Å²) in [6.45, 7) is 2.63. The number of aromatic nitrogens is 2. The molecule has 114 valence electrons. The molecule has 1 aromatic heterocycles. The monoisotopic (exact) mass is 297 g/mol. The van der Waals surface area contributed by atoms with Crippen molar-refractivity contribution in [2.75, 3.05) is 6.54 Å². The second-order valence-corrected chi connectivity index (χ2v) is 4.89. The van der Waals surface area contributed by atoms with Crippen LogP contribution in [0, 0.1) is 0 Å². The Morgan fingerprint density at radius 1 is 1.19 bits per heavy atom. The molecule has 0 aliphatic rings. The topological polar surface area (TPSA) is 37.8 Å². The van der Waals surface area contributed by atoms with E-state index in [0.717, 1.165) is 16.6 Å². The van der Waals surface area contributed by atoms with Gasteiger partial charge in [-0.15, -0.1) is 0 Å². The predicted octanol–water partition coefficient (Wildman–Crippen LogP) is 4.01. The fourth-order valence-corrected chi connectivity index (χ4v) is 2.42. The largest absolute Gasteiger partial charge is 0.389 e.